The molecule has 166 valence electrons. The Labute approximate surface area is 213 Å². The molecule has 0 spiro atoms. The number of nitrogens with one attached hydrogen (secondary N) is 1. The number of hydrogen-bond acceptors (Lipinski definition) is 7. The summed E-state index contributed by atoms with van der Waals surface area (Å²) in [5.74, 6) is -2.06. The quantitative estimate of drug-likeness (QED) is 0.204. The van der Waals surface area contributed by atoms with Crippen LogP contribution in [0.15, 0.2) is 0 Å². The summed E-state index contributed by atoms with van der Waals surface area (Å²) in [5, 5.41) is 40.7. The van der Waals surface area contributed by atoms with Gasteiger partial charge in [0.1, 0.15) is 6.10 Å². The maximum Gasteiger partial charge on any atom is 0.255 e. The number of carbonyl (C=O) groups excluding carboxylic acids is 3. The summed E-state index contributed by atoms with van der Waals surface area (Å²) in [6, 6.07) is -1.15. The number of benzene rings is 1. The minimum absolute atomic E-state index is 0.0388. The molecular formula is C17H20I3N3O7. The van der Waals surface area contributed by atoms with Gasteiger partial charge in [-0.05, 0) is 80.6 Å². The van der Waals surface area contributed by atoms with Crippen LogP contribution in [0.5, 0.6) is 0 Å². The Bertz CT molecular complexity index is 868. The number of aliphatic hydroxyl groups excluding tert-OH is 4. The molecule has 1 aromatic rings. The number of carbonyl (C=O) groups is 3. The van der Waals surface area contributed by atoms with Crippen LogP contribution in [-0.4, -0.2) is 76.2 Å². The van der Waals surface area contributed by atoms with E-state index in [1.807, 2.05) is 45.2 Å². The van der Waals surface area contributed by atoms with Crippen molar-refractivity contribution in [1.29, 1.82) is 0 Å². The zero-order valence-electron chi connectivity index (χ0n) is 15.4. The minimum atomic E-state index is -1.40. The molecule has 0 radical (unpaired) electrons. The Hall–Kier alpha value is -0.340. The van der Waals surface area contributed by atoms with Crippen LogP contribution >= 0.6 is 67.8 Å². The zero-order chi connectivity index (χ0) is 22.7. The number of rotatable bonds is 7. The van der Waals surface area contributed by atoms with Crippen molar-refractivity contribution in [3.8, 4) is 0 Å². The standard InChI is InChI=1S/C17H20I3N3O7/c18-11-9(15(21)28)12(19)14(23-3-1-2-7(26)17(23)30)13(20)10(11)16(29)22-6(4-24)8(27)5-25/h6-8,24-27H,1-5H2,(H2,21,28)(H,22,29). The van der Waals surface area contributed by atoms with Gasteiger partial charge in [-0.15, -0.1) is 0 Å². The third-order valence-electron chi connectivity index (χ3n) is 4.61. The predicted molar refractivity (Wildman–Crippen MR) is 132 cm³/mol. The van der Waals surface area contributed by atoms with Crippen LogP contribution in [0.4, 0.5) is 5.69 Å². The number of anilines is 1. The van der Waals surface area contributed by atoms with Crippen molar-refractivity contribution in [3.05, 3.63) is 21.8 Å². The molecule has 0 bridgehead atoms. The van der Waals surface area contributed by atoms with Crippen LogP contribution in [0.25, 0.3) is 0 Å². The Balaban J connectivity index is 2.66. The second kappa shape index (κ2) is 11.0. The van der Waals surface area contributed by atoms with E-state index in [4.69, 9.17) is 10.8 Å². The van der Waals surface area contributed by atoms with Crippen molar-refractivity contribution in [1.82, 2.24) is 5.32 Å². The highest BCUT2D eigenvalue weighted by Crippen LogP contribution is 2.39. The van der Waals surface area contributed by atoms with Gasteiger partial charge in [-0.2, -0.15) is 0 Å². The first-order valence-electron chi connectivity index (χ1n) is 8.77. The van der Waals surface area contributed by atoms with Crippen molar-refractivity contribution >= 4 is 91.2 Å². The Morgan fingerprint density at radius 1 is 1.13 bits per heavy atom. The number of piperidine rings is 1. The molecule has 1 fully saturated rings. The summed E-state index contributed by atoms with van der Waals surface area (Å²) in [6.07, 6.45) is -1.72. The van der Waals surface area contributed by atoms with E-state index in [0.717, 1.165) is 0 Å². The summed E-state index contributed by atoms with van der Waals surface area (Å²) in [4.78, 5) is 39.1. The molecule has 0 aliphatic carbocycles. The lowest BCUT2D eigenvalue weighted by Crippen LogP contribution is -2.48. The minimum Gasteiger partial charge on any atom is -0.394 e. The smallest absolute Gasteiger partial charge is 0.255 e. The highest BCUT2D eigenvalue weighted by Gasteiger charge is 2.35. The van der Waals surface area contributed by atoms with Gasteiger partial charge >= 0.3 is 0 Å². The molecule has 1 aliphatic rings. The molecule has 1 heterocycles. The van der Waals surface area contributed by atoms with Gasteiger partial charge in [0.2, 0.25) is 0 Å². The molecular weight excluding hydrogens is 739 g/mol. The van der Waals surface area contributed by atoms with Crippen molar-refractivity contribution in [3.63, 3.8) is 0 Å². The van der Waals surface area contributed by atoms with Crippen molar-refractivity contribution in [2.75, 3.05) is 24.7 Å². The van der Waals surface area contributed by atoms with Crippen molar-refractivity contribution in [2.24, 2.45) is 5.73 Å². The molecule has 0 aromatic heterocycles. The number of primary amides is 1. The summed E-state index contributed by atoms with van der Waals surface area (Å²) < 4.78 is 0.971. The number of nitrogens with zero attached hydrogens (tertiary/aromatic N) is 1. The second-order valence-electron chi connectivity index (χ2n) is 6.57. The molecule has 13 heteroatoms. The Morgan fingerprint density at radius 2 is 1.73 bits per heavy atom. The lowest BCUT2D eigenvalue weighted by atomic mass is 10.0. The first-order valence-corrected chi connectivity index (χ1v) is 12.0. The van der Waals surface area contributed by atoms with E-state index in [9.17, 15) is 29.7 Å². The molecule has 1 saturated heterocycles. The Kier molecular flexibility index (Phi) is 9.50. The van der Waals surface area contributed by atoms with Gasteiger partial charge < -0.3 is 36.4 Å². The maximum atomic E-state index is 13.0. The van der Waals surface area contributed by atoms with Gasteiger partial charge in [-0.25, -0.2) is 0 Å². The average molecular weight is 759 g/mol. The molecule has 1 aliphatic heterocycles. The van der Waals surface area contributed by atoms with Gasteiger partial charge in [0.05, 0.1) is 49.3 Å². The van der Waals surface area contributed by atoms with E-state index in [1.165, 1.54) is 4.90 Å². The van der Waals surface area contributed by atoms with E-state index in [-0.39, 0.29) is 14.7 Å². The normalized spacial score (nSPS) is 18.8. The van der Waals surface area contributed by atoms with E-state index in [0.29, 0.717) is 32.2 Å². The molecule has 7 N–H and O–H groups in total. The number of hydrogen-bond donors (Lipinski definition) is 6. The van der Waals surface area contributed by atoms with Gasteiger partial charge in [-0.1, -0.05) is 0 Å². The third-order valence-corrected chi connectivity index (χ3v) is 7.79. The van der Waals surface area contributed by atoms with Gasteiger partial charge in [0.25, 0.3) is 17.7 Å². The van der Waals surface area contributed by atoms with E-state index >= 15 is 0 Å². The van der Waals surface area contributed by atoms with Crippen molar-refractivity contribution < 1.29 is 34.8 Å². The summed E-state index contributed by atoms with van der Waals surface area (Å²) >= 11 is 5.57. The molecule has 30 heavy (non-hydrogen) atoms. The van der Waals surface area contributed by atoms with Crippen molar-refractivity contribution in [2.45, 2.75) is 31.1 Å². The maximum absolute atomic E-state index is 13.0. The summed E-state index contributed by atoms with van der Waals surface area (Å²) in [6.45, 7) is -1.01. The fourth-order valence-electron chi connectivity index (χ4n) is 3.01. The lowest BCUT2D eigenvalue weighted by molar-refractivity contribution is -0.128. The highest BCUT2D eigenvalue weighted by molar-refractivity contribution is 14.1. The first kappa shape index (κ1) is 25.9. The molecule has 10 nitrogen and oxygen atoms in total. The average Bonchev–Trinajstić information content (AvgIpc) is 2.68. The van der Waals surface area contributed by atoms with Gasteiger partial charge in [0, 0.05) is 10.1 Å². The van der Waals surface area contributed by atoms with Crippen LogP contribution in [0.1, 0.15) is 33.6 Å². The fourth-order valence-corrected chi connectivity index (χ4v) is 7.78. The molecule has 0 saturated carbocycles. The Morgan fingerprint density at radius 3 is 2.27 bits per heavy atom. The molecule has 3 amide bonds. The SMILES string of the molecule is NC(=O)c1c(I)c(C(=O)NC(CO)C(O)CO)c(I)c(N2CCCC(O)C2=O)c1I. The molecule has 2 rings (SSSR count). The third kappa shape index (κ3) is 5.17. The van der Waals surface area contributed by atoms with Crippen LogP contribution in [-0.2, 0) is 4.79 Å². The second-order valence-corrected chi connectivity index (χ2v) is 9.80. The monoisotopic (exact) mass is 759 g/mol. The highest BCUT2D eigenvalue weighted by atomic mass is 127. The summed E-state index contributed by atoms with van der Waals surface area (Å²) in [5.41, 5.74) is 5.93. The largest absolute Gasteiger partial charge is 0.394 e. The van der Waals surface area contributed by atoms with E-state index in [2.05, 4.69) is 5.32 Å². The molecule has 1 aromatic carbocycles. The van der Waals surface area contributed by atoms with Gasteiger partial charge in [0.15, 0.2) is 0 Å². The number of nitrogens with two attached hydrogens (primary N) is 1. The van der Waals surface area contributed by atoms with Crippen LogP contribution in [0.2, 0.25) is 0 Å². The fraction of sp³-hybridized carbons (Fsp3) is 0.471. The number of halogens is 3. The lowest BCUT2D eigenvalue weighted by Gasteiger charge is -2.33. The topological polar surface area (TPSA) is 173 Å². The first-order chi connectivity index (χ1) is 14.1. The number of amides is 3. The number of aliphatic hydroxyl groups is 4. The van der Waals surface area contributed by atoms with Crippen LogP contribution in [0.3, 0.4) is 0 Å². The predicted octanol–water partition coefficient (Wildman–Crippen LogP) is -0.469. The van der Waals surface area contributed by atoms with Crippen LogP contribution < -0.4 is 16.0 Å². The molecule has 3 atom stereocenters. The molecule has 3 unspecified atom stereocenters. The van der Waals surface area contributed by atoms with Gasteiger partial charge in [-0.3, -0.25) is 14.4 Å². The van der Waals surface area contributed by atoms with E-state index < -0.39 is 49.2 Å². The zero-order valence-corrected chi connectivity index (χ0v) is 21.9. The van der Waals surface area contributed by atoms with Crippen LogP contribution in [0, 0.1) is 10.7 Å². The van der Waals surface area contributed by atoms with E-state index in [1.54, 1.807) is 22.6 Å². The summed E-state index contributed by atoms with van der Waals surface area (Å²) in [7, 11) is 0.